The van der Waals surface area contributed by atoms with E-state index in [1.807, 2.05) is 0 Å². The Labute approximate surface area is 161 Å². The van der Waals surface area contributed by atoms with Gasteiger partial charge in [0, 0.05) is 25.3 Å². The second kappa shape index (κ2) is 7.94. The van der Waals surface area contributed by atoms with Crippen LogP contribution < -0.4 is 14.7 Å². The van der Waals surface area contributed by atoms with E-state index in [-0.39, 0.29) is 6.04 Å². The summed E-state index contributed by atoms with van der Waals surface area (Å²) in [5, 5.41) is 13.1. The third-order valence-electron chi connectivity index (χ3n) is 6.34. The van der Waals surface area contributed by atoms with E-state index in [0.717, 1.165) is 18.9 Å². The van der Waals surface area contributed by atoms with E-state index in [4.69, 9.17) is 0 Å². The number of anilines is 1. The van der Waals surface area contributed by atoms with Crippen molar-refractivity contribution in [3.63, 3.8) is 0 Å². The Kier molecular flexibility index (Phi) is 5.41. The molecule has 7 heteroatoms. The SMILES string of the molecule is CN(C)c1ccc([C@@H](c2nnnn2C2CCCC2)[NH+]2CC[NH+](C)CC2)cc1. The Bertz CT molecular complexity index is 725. The van der Waals surface area contributed by atoms with Crippen LogP contribution in [0.3, 0.4) is 0 Å². The normalized spacial score (nSPS) is 24.9. The summed E-state index contributed by atoms with van der Waals surface area (Å²) in [7, 11) is 6.46. The van der Waals surface area contributed by atoms with Crippen molar-refractivity contribution in [1.82, 2.24) is 20.2 Å². The van der Waals surface area contributed by atoms with Crippen LogP contribution in [-0.2, 0) is 0 Å². The highest BCUT2D eigenvalue weighted by molar-refractivity contribution is 5.46. The zero-order valence-electron chi connectivity index (χ0n) is 16.9. The third kappa shape index (κ3) is 3.84. The van der Waals surface area contributed by atoms with Crippen LogP contribution in [0.4, 0.5) is 5.69 Å². The number of nitrogens with one attached hydrogen (secondary N) is 2. The molecule has 0 unspecified atom stereocenters. The average molecular weight is 372 g/mol. The lowest BCUT2D eigenvalue weighted by Gasteiger charge is -2.33. The monoisotopic (exact) mass is 371 g/mol. The first-order valence-corrected chi connectivity index (χ1v) is 10.3. The molecular formula is C20H33N7+2. The van der Waals surface area contributed by atoms with Gasteiger partial charge in [-0.15, -0.1) is 5.10 Å². The predicted molar refractivity (Wildman–Crippen MR) is 105 cm³/mol. The van der Waals surface area contributed by atoms with Crippen LogP contribution in [0.5, 0.6) is 0 Å². The van der Waals surface area contributed by atoms with Crippen LogP contribution in [0.15, 0.2) is 24.3 Å². The predicted octanol–water partition coefficient (Wildman–Crippen LogP) is -0.643. The lowest BCUT2D eigenvalue weighted by atomic mass is 10.0. The van der Waals surface area contributed by atoms with Crippen molar-refractivity contribution >= 4 is 5.69 Å². The fourth-order valence-electron chi connectivity index (χ4n) is 4.62. The lowest BCUT2D eigenvalue weighted by Crippen LogP contribution is -3.27. The van der Waals surface area contributed by atoms with Crippen LogP contribution in [-0.4, -0.2) is 67.5 Å². The molecule has 1 aliphatic heterocycles. The topological polar surface area (TPSA) is 55.7 Å². The molecule has 7 nitrogen and oxygen atoms in total. The van der Waals surface area contributed by atoms with E-state index in [2.05, 4.69) is 70.5 Å². The number of nitrogens with zero attached hydrogens (tertiary/aromatic N) is 5. The van der Waals surface area contributed by atoms with Crippen LogP contribution in [0.1, 0.15) is 49.2 Å². The second-order valence-electron chi connectivity index (χ2n) is 8.45. The quantitative estimate of drug-likeness (QED) is 0.734. The number of hydrogen-bond acceptors (Lipinski definition) is 4. The summed E-state index contributed by atoms with van der Waals surface area (Å²) >= 11 is 0. The van der Waals surface area contributed by atoms with Gasteiger partial charge in [0.05, 0.1) is 13.1 Å². The van der Waals surface area contributed by atoms with E-state index in [0.29, 0.717) is 6.04 Å². The standard InChI is InChI=1S/C20H31N7/c1-24(2)17-10-8-16(9-11-17)19(26-14-12-25(3)13-15-26)20-21-22-23-27(20)18-6-4-5-7-18/h8-11,18-19H,4-7,12-15H2,1-3H3/p+2/t19-/m0/s1. The molecule has 4 rings (SSSR count). The summed E-state index contributed by atoms with van der Waals surface area (Å²) in [6.45, 7) is 4.71. The van der Waals surface area contributed by atoms with Gasteiger partial charge in [-0.05, 0) is 35.4 Å². The molecule has 0 spiro atoms. The van der Waals surface area contributed by atoms with Gasteiger partial charge in [0.2, 0.25) is 5.82 Å². The minimum Gasteiger partial charge on any atom is -0.378 e. The number of likely N-dealkylation sites (N-methyl/N-ethyl adjacent to an activating group) is 1. The molecule has 1 aliphatic carbocycles. The van der Waals surface area contributed by atoms with Crippen LogP contribution in [0, 0.1) is 0 Å². The van der Waals surface area contributed by atoms with Crippen molar-refractivity contribution in [3.8, 4) is 0 Å². The van der Waals surface area contributed by atoms with Crippen molar-refractivity contribution < 1.29 is 9.80 Å². The summed E-state index contributed by atoms with van der Waals surface area (Å²) in [5.74, 6) is 1.05. The number of piperazine rings is 1. The zero-order chi connectivity index (χ0) is 18.8. The van der Waals surface area contributed by atoms with Crippen molar-refractivity contribution in [2.45, 2.75) is 37.8 Å². The number of quaternary nitrogens is 2. The summed E-state index contributed by atoms with van der Waals surface area (Å²) in [5.41, 5.74) is 2.55. The van der Waals surface area contributed by atoms with Crippen molar-refractivity contribution in [1.29, 1.82) is 0 Å². The molecule has 146 valence electrons. The first kappa shape index (κ1) is 18.4. The maximum absolute atomic E-state index is 4.55. The molecule has 0 radical (unpaired) electrons. The zero-order valence-corrected chi connectivity index (χ0v) is 16.9. The number of aromatic nitrogens is 4. The smallest absolute Gasteiger partial charge is 0.214 e. The van der Waals surface area contributed by atoms with E-state index in [1.165, 1.54) is 50.0 Å². The second-order valence-corrected chi connectivity index (χ2v) is 8.45. The Balaban J connectivity index is 1.69. The average Bonchev–Trinajstić information content (AvgIpc) is 3.35. The fourth-order valence-corrected chi connectivity index (χ4v) is 4.62. The summed E-state index contributed by atoms with van der Waals surface area (Å²) in [6.07, 6.45) is 4.98. The van der Waals surface area contributed by atoms with Gasteiger partial charge >= 0.3 is 0 Å². The van der Waals surface area contributed by atoms with E-state index < -0.39 is 0 Å². The van der Waals surface area contributed by atoms with Gasteiger partial charge in [0.1, 0.15) is 26.2 Å². The third-order valence-corrected chi connectivity index (χ3v) is 6.34. The molecule has 1 aromatic heterocycles. The molecule has 0 bridgehead atoms. The first-order valence-electron chi connectivity index (χ1n) is 10.3. The van der Waals surface area contributed by atoms with Gasteiger partial charge in [0.25, 0.3) is 0 Å². The molecule has 2 N–H and O–H groups in total. The molecule has 1 saturated heterocycles. The molecule has 2 aliphatic rings. The summed E-state index contributed by atoms with van der Waals surface area (Å²) < 4.78 is 2.15. The van der Waals surface area contributed by atoms with Gasteiger partial charge in [-0.3, -0.25) is 0 Å². The lowest BCUT2D eigenvalue weighted by molar-refractivity contribution is -1.02. The van der Waals surface area contributed by atoms with E-state index in [1.54, 1.807) is 9.80 Å². The molecule has 0 amide bonds. The molecule has 1 saturated carbocycles. The molecule has 1 aromatic carbocycles. The van der Waals surface area contributed by atoms with Crippen molar-refractivity contribution in [2.75, 3.05) is 52.2 Å². The molecule has 2 heterocycles. The molecule has 2 fully saturated rings. The van der Waals surface area contributed by atoms with Crippen LogP contribution in [0.2, 0.25) is 0 Å². The summed E-state index contributed by atoms with van der Waals surface area (Å²) in [4.78, 5) is 5.36. The van der Waals surface area contributed by atoms with Gasteiger partial charge < -0.3 is 14.7 Å². The Hall–Kier alpha value is -1.99. The largest absolute Gasteiger partial charge is 0.378 e. The Morgan fingerprint density at radius 2 is 1.70 bits per heavy atom. The number of rotatable bonds is 5. The highest BCUT2D eigenvalue weighted by Crippen LogP contribution is 2.31. The van der Waals surface area contributed by atoms with Crippen molar-refractivity contribution in [3.05, 3.63) is 35.7 Å². The van der Waals surface area contributed by atoms with Gasteiger partial charge in [-0.1, -0.05) is 25.0 Å². The first-order chi connectivity index (χ1) is 13.1. The maximum atomic E-state index is 4.55. The van der Waals surface area contributed by atoms with Gasteiger partial charge in [-0.2, -0.15) is 0 Å². The number of hydrogen-bond donors (Lipinski definition) is 2. The number of benzene rings is 1. The fraction of sp³-hybridized carbons (Fsp3) is 0.650. The van der Waals surface area contributed by atoms with Gasteiger partial charge in [-0.25, -0.2) is 4.68 Å². The molecule has 2 aromatic rings. The number of tetrazole rings is 1. The van der Waals surface area contributed by atoms with E-state index in [9.17, 15) is 0 Å². The van der Waals surface area contributed by atoms with Crippen molar-refractivity contribution in [2.24, 2.45) is 0 Å². The molecule has 1 atom stereocenters. The minimum absolute atomic E-state index is 0.213. The maximum Gasteiger partial charge on any atom is 0.214 e. The summed E-state index contributed by atoms with van der Waals surface area (Å²) in [6, 6.07) is 9.65. The molecular weight excluding hydrogens is 338 g/mol. The minimum atomic E-state index is 0.213. The van der Waals surface area contributed by atoms with E-state index >= 15 is 0 Å². The van der Waals surface area contributed by atoms with Crippen LogP contribution >= 0.6 is 0 Å². The molecule has 27 heavy (non-hydrogen) atoms. The highest BCUT2D eigenvalue weighted by Gasteiger charge is 2.36. The highest BCUT2D eigenvalue weighted by atomic mass is 15.6. The Morgan fingerprint density at radius 1 is 1.04 bits per heavy atom. The van der Waals surface area contributed by atoms with Gasteiger partial charge in [0.15, 0.2) is 6.04 Å². The van der Waals surface area contributed by atoms with Crippen LogP contribution in [0.25, 0.3) is 0 Å². The Morgan fingerprint density at radius 3 is 2.33 bits per heavy atom.